The fraction of sp³-hybridized carbons (Fsp3) is 0.333. The number of carboxylic acid groups (broad SMARTS) is 1. The van der Waals surface area contributed by atoms with E-state index in [0.717, 1.165) is 6.07 Å². The molecule has 0 radical (unpaired) electrons. The van der Waals surface area contributed by atoms with Gasteiger partial charge in [-0.2, -0.15) is 8.78 Å². The molecular weight excluding hydrogens is 342 g/mol. The minimum atomic E-state index is -3.11. The maximum atomic E-state index is 12.2. The summed E-state index contributed by atoms with van der Waals surface area (Å²) in [6.07, 6.45) is -1.90. The van der Waals surface area contributed by atoms with Crippen LogP contribution in [0.25, 0.3) is 0 Å². The Morgan fingerprint density at radius 2 is 1.80 bits per heavy atom. The Hall–Kier alpha value is -1.54. The number of benzene rings is 1. The van der Waals surface area contributed by atoms with Gasteiger partial charge in [0.15, 0.2) is 6.10 Å². The van der Waals surface area contributed by atoms with Gasteiger partial charge >= 0.3 is 12.6 Å². The number of hydrogen-bond acceptors (Lipinski definition) is 4. The first-order valence-corrected chi connectivity index (χ1v) is 6.29. The van der Waals surface area contributed by atoms with Gasteiger partial charge in [-0.1, -0.05) is 22.0 Å². The monoisotopic (exact) mass is 352 g/mol. The lowest BCUT2D eigenvalue weighted by atomic mass is 10.0. The summed E-state index contributed by atoms with van der Waals surface area (Å²) in [5, 5.41) is 18.2. The van der Waals surface area contributed by atoms with Gasteiger partial charge < -0.3 is 14.9 Å². The number of hydrogen-bond donors (Lipinski definition) is 2. The second-order valence-corrected chi connectivity index (χ2v) is 4.84. The third-order valence-electron chi connectivity index (χ3n) is 2.38. The standard InChI is InChI=1S/C12H11BrF2O5/c1-5(16)9(13)6-2-7(10(17)11(18)19)4-8(3-6)20-12(14)15/h2-4,9-10,12,17H,1H3,(H,18,19). The van der Waals surface area contributed by atoms with E-state index in [1.54, 1.807) is 0 Å². The van der Waals surface area contributed by atoms with Gasteiger partial charge in [0, 0.05) is 0 Å². The Kier molecular flexibility index (Phi) is 5.58. The first-order chi connectivity index (χ1) is 9.22. The summed E-state index contributed by atoms with van der Waals surface area (Å²) in [6, 6.07) is 3.39. The van der Waals surface area contributed by atoms with Gasteiger partial charge in [0.05, 0.1) is 4.83 Å². The number of aliphatic hydroxyl groups is 1. The molecule has 0 heterocycles. The third-order valence-corrected chi connectivity index (χ3v) is 3.55. The summed E-state index contributed by atoms with van der Waals surface area (Å²) in [6.45, 7) is -1.83. The van der Waals surface area contributed by atoms with Crippen LogP contribution in [0.4, 0.5) is 8.78 Å². The van der Waals surface area contributed by atoms with Crippen LogP contribution in [0.2, 0.25) is 0 Å². The highest BCUT2D eigenvalue weighted by Gasteiger charge is 2.21. The maximum absolute atomic E-state index is 12.2. The molecule has 20 heavy (non-hydrogen) atoms. The van der Waals surface area contributed by atoms with E-state index in [9.17, 15) is 23.5 Å². The Morgan fingerprint density at radius 1 is 1.25 bits per heavy atom. The summed E-state index contributed by atoms with van der Waals surface area (Å²) >= 11 is 3.05. The van der Waals surface area contributed by atoms with Crippen molar-refractivity contribution in [2.75, 3.05) is 0 Å². The highest BCUT2D eigenvalue weighted by atomic mass is 79.9. The molecule has 0 bridgehead atoms. The van der Waals surface area contributed by atoms with Crippen LogP contribution in [0.15, 0.2) is 18.2 Å². The largest absolute Gasteiger partial charge is 0.479 e. The van der Waals surface area contributed by atoms with Crippen molar-refractivity contribution in [2.24, 2.45) is 0 Å². The lowest BCUT2D eigenvalue weighted by molar-refractivity contribution is -0.146. The number of aliphatic carboxylic acids is 1. The molecule has 0 aliphatic carbocycles. The summed E-state index contributed by atoms with van der Waals surface area (Å²) in [5.74, 6) is -2.19. The SMILES string of the molecule is CC(=O)C(Br)c1cc(OC(F)F)cc(C(O)C(=O)O)c1. The molecule has 0 fully saturated rings. The molecule has 2 unspecified atom stereocenters. The predicted octanol–water partition coefficient (Wildman–Crippen LogP) is 2.43. The van der Waals surface area contributed by atoms with E-state index in [1.807, 2.05) is 0 Å². The minimum Gasteiger partial charge on any atom is -0.479 e. The lowest BCUT2D eigenvalue weighted by Crippen LogP contribution is -2.12. The molecule has 2 N–H and O–H groups in total. The van der Waals surface area contributed by atoms with Crippen LogP contribution >= 0.6 is 15.9 Å². The van der Waals surface area contributed by atoms with Crippen LogP contribution in [-0.2, 0) is 9.59 Å². The van der Waals surface area contributed by atoms with E-state index in [2.05, 4.69) is 20.7 Å². The average Bonchev–Trinajstić information content (AvgIpc) is 2.35. The summed E-state index contributed by atoms with van der Waals surface area (Å²) in [5.41, 5.74) is 0.0577. The molecule has 0 saturated heterocycles. The number of carboxylic acids is 1. The summed E-state index contributed by atoms with van der Waals surface area (Å²) in [4.78, 5) is 21.2. The molecule has 0 saturated carbocycles. The van der Waals surface area contributed by atoms with Crippen molar-refractivity contribution in [2.45, 2.75) is 24.5 Å². The third kappa shape index (κ3) is 4.24. The number of aliphatic hydroxyl groups excluding tert-OH is 1. The van der Waals surface area contributed by atoms with Crippen LogP contribution in [0.3, 0.4) is 0 Å². The second kappa shape index (κ2) is 6.76. The molecule has 2 atom stereocenters. The van der Waals surface area contributed by atoms with Crippen molar-refractivity contribution >= 4 is 27.7 Å². The predicted molar refractivity (Wildman–Crippen MR) is 68.0 cm³/mol. The van der Waals surface area contributed by atoms with Gasteiger partial charge in [-0.15, -0.1) is 0 Å². The molecule has 0 aromatic heterocycles. The molecule has 110 valence electrons. The maximum Gasteiger partial charge on any atom is 0.387 e. The van der Waals surface area contributed by atoms with Crippen LogP contribution in [0.5, 0.6) is 5.75 Å². The minimum absolute atomic E-state index is 0.156. The van der Waals surface area contributed by atoms with Crippen molar-refractivity contribution in [3.8, 4) is 5.75 Å². The summed E-state index contributed by atoms with van der Waals surface area (Å²) < 4.78 is 28.6. The highest BCUT2D eigenvalue weighted by molar-refractivity contribution is 9.09. The number of alkyl halides is 3. The van der Waals surface area contributed by atoms with E-state index in [4.69, 9.17) is 5.11 Å². The zero-order valence-electron chi connectivity index (χ0n) is 10.2. The van der Waals surface area contributed by atoms with Crippen LogP contribution in [-0.4, -0.2) is 28.6 Å². The van der Waals surface area contributed by atoms with Crippen LogP contribution in [0.1, 0.15) is 29.0 Å². The van der Waals surface area contributed by atoms with E-state index in [-0.39, 0.29) is 22.7 Å². The number of ether oxygens (including phenoxy) is 1. The van der Waals surface area contributed by atoms with Gasteiger partial charge in [-0.25, -0.2) is 4.79 Å². The lowest BCUT2D eigenvalue weighted by Gasteiger charge is -2.14. The number of ketones is 1. The highest BCUT2D eigenvalue weighted by Crippen LogP contribution is 2.31. The van der Waals surface area contributed by atoms with E-state index in [1.165, 1.54) is 19.1 Å². The zero-order chi connectivity index (χ0) is 15.4. The Labute approximate surface area is 121 Å². The Morgan fingerprint density at radius 3 is 2.25 bits per heavy atom. The Balaban J connectivity index is 3.27. The fourth-order valence-corrected chi connectivity index (χ4v) is 1.76. The smallest absolute Gasteiger partial charge is 0.387 e. The molecule has 0 aliphatic heterocycles. The molecule has 5 nitrogen and oxygen atoms in total. The molecule has 1 rings (SSSR count). The van der Waals surface area contributed by atoms with Gasteiger partial charge in [-0.3, -0.25) is 4.79 Å². The van der Waals surface area contributed by atoms with E-state index < -0.39 is 23.5 Å². The second-order valence-electron chi connectivity index (χ2n) is 3.93. The molecule has 1 aromatic rings. The van der Waals surface area contributed by atoms with Gasteiger partial charge in [0.25, 0.3) is 0 Å². The van der Waals surface area contributed by atoms with Crippen molar-refractivity contribution < 1.29 is 33.3 Å². The van der Waals surface area contributed by atoms with Gasteiger partial charge in [0.2, 0.25) is 0 Å². The molecule has 0 spiro atoms. The van der Waals surface area contributed by atoms with Gasteiger partial charge in [-0.05, 0) is 30.2 Å². The van der Waals surface area contributed by atoms with Crippen molar-refractivity contribution in [1.29, 1.82) is 0 Å². The quantitative estimate of drug-likeness (QED) is 0.768. The number of halogens is 3. The topological polar surface area (TPSA) is 83.8 Å². The first kappa shape index (κ1) is 16.5. The van der Waals surface area contributed by atoms with Gasteiger partial charge in [0.1, 0.15) is 11.5 Å². The molecule has 8 heteroatoms. The first-order valence-electron chi connectivity index (χ1n) is 5.37. The van der Waals surface area contributed by atoms with Crippen molar-refractivity contribution in [3.05, 3.63) is 29.3 Å². The zero-order valence-corrected chi connectivity index (χ0v) is 11.8. The van der Waals surface area contributed by atoms with Crippen molar-refractivity contribution in [3.63, 3.8) is 0 Å². The average molecular weight is 353 g/mol. The van der Waals surface area contributed by atoms with E-state index >= 15 is 0 Å². The Bertz CT molecular complexity index is 482. The molecule has 0 aliphatic rings. The molecule has 0 amide bonds. The number of carbonyl (C=O) groups is 2. The van der Waals surface area contributed by atoms with Crippen LogP contribution in [0, 0.1) is 0 Å². The van der Waals surface area contributed by atoms with Crippen molar-refractivity contribution in [1.82, 2.24) is 0 Å². The fourth-order valence-electron chi connectivity index (χ4n) is 1.50. The number of Topliss-reactive ketones (excluding diaryl/α,β-unsaturated/α-hetero) is 1. The molecular formula is C12H11BrF2O5. The molecule has 1 aromatic carbocycles. The number of carbonyl (C=O) groups excluding carboxylic acids is 1. The normalized spacial score (nSPS) is 13.9. The van der Waals surface area contributed by atoms with E-state index in [0.29, 0.717) is 0 Å². The summed E-state index contributed by atoms with van der Waals surface area (Å²) in [7, 11) is 0. The number of rotatable bonds is 6. The van der Waals surface area contributed by atoms with Crippen LogP contribution < -0.4 is 4.74 Å².